The summed E-state index contributed by atoms with van der Waals surface area (Å²) in [6.45, 7) is 5.46. The highest BCUT2D eigenvalue weighted by molar-refractivity contribution is 5.29. The van der Waals surface area contributed by atoms with E-state index < -0.39 is 11.7 Å². The highest BCUT2D eigenvalue weighted by Crippen LogP contribution is 2.45. The van der Waals surface area contributed by atoms with Crippen molar-refractivity contribution in [2.45, 2.75) is 64.2 Å². The molecule has 1 atom stereocenters. The summed E-state index contributed by atoms with van der Waals surface area (Å²) in [5, 5.41) is 15.3. The Labute approximate surface area is 120 Å². The van der Waals surface area contributed by atoms with Gasteiger partial charge in [0.2, 0.25) is 0 Å². The van der Waals surface area contributed by atoms with Crippen molar-refractivity contribution in [2.24, 2.45) is 0 Å². The Bertz CT molecular complexity index is 425. The monoisotopic (exact) mass is 282 g/mol. The van der Waals surface area contributed by atoms with Crippen LogP contribution >= 0.6 is 0 Å². The quantitative estimate of drug-likeness (QED) is 0.835. The van der Waals surface area contributed by atoms with E-state index in [0.29, 0.717) is 12.4 Å². The summed E-state index contributed by atoms with van der Waals surface area (Å²) in [5.41, 5.74) is 0.276. The molecule has 20 heavy (non-hydrogen) atoms. The summed E-state index contributed by atoms with van der Waals surface area (Å²) >= 11 is 0. The first-order chi connectivity index (χ1) is 9.68. The maximum absolute atomic E-state index is 10.9. The summed E-state index contributed by atoms with van der Waals surface area (Å²) in [5.74, 6) is 0.650. The minimum atomic E-state index is -0.686. The fourth-order valence-corrected chi connectivity index (χ4v) is 3.21. The topological polar surface area (TPSA) is 56.5 Å². The molecule has 0 aliphatic heterocycles. The number of nitrogens with zero attached hydrogens (tertiary/aromatic N) is 2. The molecule has 1 aromatic heterocycles. The van der Waals surface area contributed by atoms with Crippen molar-refractivity contribution < 1.29 is 14.6 Å². The summed E-state index contributed by atoms with van der Waals surface area (Å²) in [6, 6.07) is 0. The van der Waals surface area contributed by atoms with E-state index >= 15 is 0 Å². The van der Waals surface area contributed by atoms with Gasteiger partial charge in [-0.15, -0.1) is 0 Å². The molecule has 114 valence electrons. The van der Waals surface area contributed by atoms with E-state index in [0.717, 1.165) is 44.3 Å². The lowest BCUT2D eigenvalue weighted by molar-refractivity contribution is -0.121. The second-order valence-corrected chi connectivity index (χ2v) is 5.43. The number of aliphatic hydroxyl groups is 1. The number of rotatable bonds is 7. The molecule has 5 heteroatoms. The van der Waals surface area contributed by atoms with Gasteiger partial charge >= 0.3 is 0 Å². The SMILES string of the molecule is CCCn1ncc(OC)c1C(O)C1(OCC)CCCC1. The van der Waals surface area contributed by atoms with Gasteiger partial charge in [0.15, 0.2) is 5.75 Å². The van der Waals surface area contributed by atoms with E-state index in [1.165, 1.54) is 0 Å². The van der Waals surface area contributed by atoms with Crippen LogP contribution in [0.15, 0.2) is 6.20 Å². The molecule has 0 aromatic carbocycles. The van der Waals surface area contributed by atoms with Gasteiger partial charge in [0, 0.05) is 13.2 Å². The van der Waals surface area contributed by atoms with Crippen LogP contribution in [0.5, 0.6) is 5.75 Å². The second-order valence-electron chi connectivity index (χ2n) is 5.43. The Morgan fingerprint density at radius 2 is 2.10 bits per heavy atom. The third kappa shape index (κ3) is 2.69. The first-order valence-corrected chi connectivity index (χ1v) is 7.60. The molecule has 1 fully saturated rings. The van der Waals surface area contributed by atoms with Crippen molar-refractivity contribution in [3.63, 3.8) is 0 Å². The molecule has 0 radical (unpaired) electrons. The van der Waals surface area contributed by atoms with Crippen LogP contribution in [0, 0.1) is 0 Å². The first-order valence-electron chi connectivity index (χ1n) is 7.60. The fourth-order valence-electron chi connectivity index (χ4n) is 3.21. The second kappa shape index (κ2) is 6.59. The zero-order valence-corrected chi connectivity index (χ0v) is 12.8. The average Bonchev–Trinajstić information content (AvgIpc) is 3.06. The summed E-state index contributed by atoms with van der Waals surface area (Å²) in [6.07, 6.45) is 5.94. The van der Waals surface area contributed by atoms with Crippen LogP contribution in [0.2, 0.25) is 0 Å². The van der Waals surface area contributed by atoms with Gasteiger partial charge in [-0.25, -0.2) is 0 Å². The molecule has 2 rings (SSSR count). The van der Waals surface area contributed by atoms with E-state index in [1.807, 2.05) is 11.6 Å². The fraction of sp³-hybridized carbons (Fsp3) is 0.800. The van der Waals surface area contributed by atoms with Gasteiger partial charge in [0.1, 0.15) is 11.8 Å². The number of aromatic nitrogens is 2. The molecule has 1 aliphatic rings. The predicted molar refractivity (Wildman–Crippen MR) is 76.9 cm³/mol. The van der Waals surface area contributed by atoms with Crippen LogP contribution in [-0.4, -0.2) is 34.2 Å². The van der Waals surface area contributed by atoms with Gasteiger partial charge in [-0.2, -0.15) is 5.10 Å². The normalized spacial score (nSPS) is 19.2. The van der Waals surface area contributed by atoms with Crippen LogP contribution in [0.3, 0.4) is 0 Å². The minimum Gasteiger partial charge on any atom is -0.493 e. The zero-order valence-electron chi connectivity index (χ0n) is 12.8. The highest BCUT2D eigenvalue weighted by atomic mass is 16.5. The van der Waals surface area contributed by atoms with E-state index in [9.17, 15) is 5.11 Å². The Morgan fingerprint density at radius 1 is 1.40 bits per heavy atom. The highest BCUT2D eigenvalue weighted by Gasteiger charge is 2.44. The van der Waals surface area contributed by atoms with Crippen LogP contribution in [-0.2, 0) is 11.3 Å². The molecule has 1 N–H and O–H groups in total. The van der Waals surface area contributed by atoms with Gasteiger partial charge in [0.25, 0.3) is 0 Å². The first kappa shape index (κ1) is 15.3. The van der Waals surface area contributed by atoms with Gasteiger partial charge < -0.3 is 14.6 Å². The smallest absolute Gasteiger partial charge is 0.162 e. The van der Waals surface area contributed by atoms with Crippen LogP contribution in [0.25, 0.3) is 0 Å². The van der Waals surface area contributed by atoms with E-state index in [1.54, 1.807) is 13.3 Å². The van der Waals surface area contributed by atoms with Crippen LogP contribution in [0.4, 0.5) is 0 Å². The largest absolute Gasteiger partial charge is 0.493 e. The summed E-state index contributed by atoms with van der Waals surface area (Å²) in [4.78, 5) is 0. The molecule has 1 aromatic rings. The molecule has 1 saturated carbocycles. The standard InChI is InChI=1S/C15H26N2O3/c1-4-10-17-13(12(19-3)11-16-17)14(18)15(20-5-2)8-6-7-9-15/h11,14,18H,4-10H2,1-3H3. The predicted octanol–water partition coefficient (Wildman–Crippen LogP) is 2.68. The third-order valence-corrected chi connectivity index (χ3v) is 4.14. The molecular formula is C15H26N2O3. The molecule has 1 aliphatic carbocycles. The van der Waals surface area contributed by atoms with Crippen molar-refractivity contribution in [3.05, 3.63) is 11.9 Å². The minimum absolute atomic E-state index is 0.479. The van der Waals surface area contributed by atoms with Crippen LogP contribution < -0.4 is 4.74 Å². The Kier molecular flexibility index (Phi) is 5.05. The number of hydrogen-bond donors (Lipinski definition) is 1. The Hall–Kier alpha value is -1.07. The van der Waals surface area contributed by atoms with E-state index in [2.05, 4.69) is 12.0 Å². The van der Waals surface area contributed by atoms with Crippen molar-refractivity contribution >= 4 is 0 Å². The van der Waals surface area contributed by atoms with Gasteiger partial charge in [-0.1, -0.05) is 19.8 Å². The lowest BCUT2D eigenvalue weighted by Crippen LogP contribution is -2.38. The molecule has 1 unspecified atom stereocenters. The van der Waals surface area contributed by atoms with Crippen molar-refractivity contribution in [2.75, 3.05) is 13.7 Å². The molecule has 5 nitrogen and oxygen atoms in total. The van der Waals surface area contributed by atoms with Gasteiger partial charge in [-0.05, 0) is 26.2 Å². The van der Waals surface area contributed by atoms with Crippen molar-refractivity contribution in [3.8, 4) is 5.75 Å². The van der Waals surface area contributed by atoms with Crippen LogP contribution in [0.1, 0.15) is 57.7 Å². The summed E-state index contributed by atoms with van der Waals surface area (Å²) < 4.78 is 13.2. The van der Waals surface area contributed by atoms with E-state index in [-0.39, 0.29) is 0 Å². The molecular weight excluding hydrogens is 256 g/mol. The van der Waals surface area contributed by atoms with Gasteiger partial charge in [0.05, 0.1) is 18.9 Å². The number of hydrogen-bond acceptors (Lipinski definition) is 4. The number of aliphatic hydroxyl groups excluding tert-OH is 1. The summed E-state index contributed by atoms with van der Waals surface area (Å²) in [7, 11) is 1.62. The molecule has 0 amide bonds. The zero-order chi connectivity index (χ0) is 14.6. The molecule has 0 bridgehead atoms. The maximum atomic E-state index is 10.9. The molecule has 1 heterocycles. The van der Waals surface area contributed by atoms with E-state index in [4.69, 9.17) is 9.47 Å². The Morgan fingerprint density at radius 3 is 2.65 bits per heavy atom. The lowest BCUT2D eigenvalue weighted by Gasteiger charge is -2.34. The third-order valence-electron chi connectivity index (χ3n) is 4.14. The Balaban J connectivity index is 2.35. The average molecular weight is 282 g/mol. The lowest BCUT2D eigenvalue weighted by atomic mass is 9.91. The number of ether oxygens (including phenoxy) is 2. The van der Waals surface area contributed by atoms with Crippen molar-refractivity contribution in [1.82, 2.24) is 9.78 Å². The maximum Gasteiger partial charge on any atom is 0.162 e. The van der Waals surface area contributed by atoms with Crippen molar-refractivity contribution in [1.29, 1.82) is 0 Å². The molecule has 0 saturated heterocycles. The number of aryl methyl sites for hydroxylation is 1. The van der Waals surface area contributed by atoms with Gasteiger partial charge in [-0.3, -0.25) is 4.68 Å². The number of methoxy groups -OCH3 is 1. The molecule has 0 spiro atoms.